The van der Waals surface area contributed by atoms with Gasteiger partial charge in [-0.2, -0.15) is 0 Å². The zero-order chi connectivity index (χ0) is 14.2. The van der Waals surface area contributed by atoms with E-state index in [2.05, 4.69) is 0 Å². The maximum Gasteiger partial charge on any atom is 0.168 e. The van der Waals surface area contributed by atoms with Gasteiger partial charge in [-0.1, -0.05) is 35.3 Å². The maximum atomic E-state index is 13.3. The lowest BCUT2D eigenvalue weighted by molar-refractivity contribution is 0.431. The van der Waals surface area contributed by atoms with Gasteiger partial charge in [0.05, 0.1) is 0 Å². The number of phenolic OH excluding ortho intramolecular Hbond substituents is 2. The van der Waals surface area contributed by atoms with Crippen molar-refractivity contribution in [2.24, 2.45) is 0 Å². The number of hydrogen-bond donors (Lipinski definition) is 2. The second kappa shape index (κ2) is 4.87. The van der Waals surface area contributed by atoms with Crippen LogP contribution >= 0.6 is 23.2 Å². The van der Waals surface area contributed by atoms with Crippen LogP contribution in [0.3, 0.4) is 0 Å². The molecule has 0 radical (unpaired) electrons. The van der Waals surface area contributed by atoms with Gasteiger partial charge in [-0.05, 0) is 35.4 Å². The largest absolute Gasteiger partial charge is 0.505 e. The Hall–Kier alpha value is -1.52. The Balaban J connectivity index is 2.51. The van der Waals surface area contributed by atoms with E-state index in [1.807, 2.05) is 0 Å². The van der Waals surface area contributed by atoms with Gasteiger partial charge in [0, 0.05) is 0 Å². The molecule has 2 aromatic carbocycles. The van der Waals surface area contributed by atoms with E-state index < -0.39 is 27.5 Å². The van der Waals surface area contributed by atoms with E-state index in [9.17, 15) is 8.78 Å². The normalized spacial score (nSPS) is 11.6. The summed E-state index contributed by atoms with van der Waals surface area (Å²) in [5.74, 6) is -2.85. The van der Waals surface area contributed by atoms with E-state index in [-0.39, 0.29) is 11.1 Å². The highest BCUT2D eigenvalue weighted by Gasteiger charge is 2.30. The number of halogens is 4. The molecule has 2 rings (SSSR count). The quantitative estimate of drug-likeness (QED) is 0.822. The molecule has 0 spiro atoms. The maximum absolute atomic E-state index is 13.3. The number of rotatable bonds is 2. The van der Waals surface area contributed by atoms with Crippen LogP contribution in [0.15, 0.2) is 36.4 Å². The molecule has 0 aliphatic heterocycles. The van der Waals surface area contributed by atoms with Gasteiger partial charge in [0.15, 0.2) is 27.5 Å². The van der Waals surface area contributed by atoms with Crippen molar-refractivity contribution in [3.63, 3.8) is 0 Å². The molecule has 100 valence electrons. The van der Waals surface area contributed by atoms with E-state index in [0.717, 1.165) is 24.3 Å². The number of phenols is 2. The fourth-order valence-corrected chi connectivity index (χ4v) is 2.04. The fraction of sp³-hybridized carbons (Fsp3) is 0.0769. The van der Waals surface area contributed by atoms with Crippen LogP contribution in [-0.2, 0) is 4.33 Å². The van der Waals surface area contributed by atoms with Crippen LogP contribution < -0.4 is 0 Å². The van der Waals surface area contributed by atoms with Crippen LogP contribution in [0.25, 0.3) is 0 Å². The summed E-state index contributed by atoms with van der Waals surface area (Å²) in [6, 6.07) is 6.76. The van der Waals surface area contributed by atoms with Gasteiger partial charge in [0.1, 0.15) is 0 Å². The Morgan fingerprint density at radius 1 is 0.789 bits per heavy atom. The van der Waals surface area contributed by atoms with Crippen LogP contribution in [0.2, 0.25) is 0 Å². The van der Waals surface area contributed by atoms with Crippen LogP contribution in [-0.4, -0.2) is 10.2 Å². The molecular weight excluding hydrogens is 297 g/mol. The highest BCUT2D eigenvalue weighted by atomic mass is 35.5. The van der Waals surface area contributed by atoms with Crippen molar-refractivity contribution in [1.82, 2.24) is 0 Å². The topological polar surface area (TPSA) is 40.5 Å². The van der Waals surface area contributed by atoms with E-state index in [4.69, 9.17) is 33.4 Å². The number of benzene rings is 2. The van der Waals surface area contributed by atoms with Gasteiger partial charge < -0.3 is 10.2 Å². The minimum Gasteiger partial charge on any atom is -0.505 e. The zero-order valence-electron chi connectivity index (χ0n) is 9.37. The van der Waals surface area contributed by atoms with Gasteiger partial charge in [0.25, 0.3) is 0 Å². The summed E-state index contributed by atoms with van der Waals surface area (Å²) in [4.78, 5) is 0. The lowest BCUT2D eigenvalue weighted by Crippen LogP contribution is -2.12. The van der Waals surface area contributed by atoms with Gasteiger partial charge in [-0.15, -0.1) is 0 Å². The molecule has 19 heavy (non-hydrogen) atoms. The summed E-state index contributed by atoms with van der Waals surface area (Å²) in [7, 11) is 0. The lowest BCUT2D eigenvalue weighted by atomic mass is 10.0. The first kappa shape index (κ1) is 13.9. The second-order valence-corrected chi connectivity index (χ2v) is 5.23. The monoisotopic (exact) mass is 304 g/mol. The Labute approximate surface area is 117 Å². The van der Waals surface area contributed by atoms with E-state index in [1.54, 1.807) is 0 Å². The van der Waals surface area contributed by atoms with E-state index >= 15 is 0 Å². The molecule has 0 unspecified atom stereocenters. The number of alkyl halides is 2. The summed E-state index contributed by atoms with van der Waals surface area (Å²) < 4.78 is 24.9. The lowest BCUT2D eigenvalue weighted by Gasteiger charge is -2.21. The summed E-state index contributed by atoms with van der Waals surface area (Å²) >= 11 is 12.2. The molecule has 2 nitrogen and oxygen atoms in total. The SMILES string of the molecule is Oc1ccc(C(Cl)(Cl)c2ccc(O)c(F)c2)cc1F. The predicted molar refractivity (Wildman–Crippen MR) is 68.6 cm³/mol. The smallest absolute Gasteiger partial charge is 0.168 e. The van der Waals surface area contributed by atoms with Gasteiger partial charge >= 0.3 is 0 Å². The Morgan fingerprint density at radius 2 is 1.16 bits per heavy atom. The van der Waals surface area contributed by atoms with Crippen LogP contribution in [0.4, 0.5) is 8.78 Å². The summed E-state index contributed by atoms with van der Waals surface area (Å²) in [5.41, 5.74) is 0.271. The van der Waals surface area contributed by atoms with Crippen molar-refractivity contribution >= 4 is 23.2 Å². The molecule has 0 saturated carbocycles. The van der Waals surface area contributed by atoms with Crippen molar-refractivity contribution in [2.45, 2.75) is 4.33 Å². The van der Waals surface area contributed by atoms with E-state index in [0.29, 0.717) is 0 Å². The molecule has 0 aromatic heterocycles. The highest BCUT2D eigenvalue weighted by Crippen LogP contribution is 2.42. The third-order valence-corrected chi connectivity index (χ3v) is 3.49. The molecule has 0 saturated heterocycles. The molecule has 6 heteroatoms. The average Bonchev–Trinajstić information content (AvgIpc) is 2.35. The standard InChI is InChI=1S/C13H8Cl2F2O2/c14-13(15,7-1-3-11(18)9(16)5-7)8-2-4-12(19)10(17)6-8/h1-6,18-19H. The molecule has 2 N–H and O–H groups in total. The predicted octanol–water partition coefficient (Wildman–Crippen LogP) is 4.05. The Kier molecular flexibility index (Phi) is 3.56. The van der Waals surface area contributed by atoms with Crippen molar-refractivity contribution < 1.29 is 19.0 Å². The van der Waals surface area contributed by atoms with Gasteiger partial charge in [0.2, 0.25) is 0 Å². The van der Waals surface area contributed by atoms with E-state index in [1.165, 1.54) is 12.1 Å². The fourth-order valence-electron chi connectivity index (χ4n) is 1.57. The first-order chi connectivity index (χ1) is 8.82. The molecular formula is C13H8Cl2F2O2. The molecule has 0 heterocycles. The third-order valence-electron chi connectivity index (χ3n) is 2.62. The first-order valence-corrected chi connectivity index (χ1v) is 5.94. The summed E-state index contributed by atoms with van der Waals surface area (Å²) in [6.07, 6.45) is 0. The van der Waals surface area contributed by atoms with Gasteiger partial charge in [-0.25, -0.2) is 8.78 Å². The first-order valence-electron chi connectivity index (χ1n) is 5.18. The molecule has 2 aromatic rings. The molecule has 0 aliphatic rings. The minimum atomic E-state index is -1.71. The highest BCUT2D eigenvalue weighted by molar-refractivity contribution is 6.50. The Morgan fingerprint density at radius 3 is 1.47 bits per heavy atom. The summed E-state index contributed by atoms with van der Waals surface area (Å²) in [6.45, 7) is 0. The van der Waals surface area contributed by atoms with Gasteiger partial charge in [-0.3, -0.25) is 0 Å². The van der Waals surface area contributed by atoms with Crippen LogP contribution in [0, 0.1) is 11.6 Å². The second-order valence-electron chi connectivity index (χ2n) is 3.91. The molecule has 0 amide bonds. The zero-order valence-corrected chi connectivity index (χ0v) is 10.9. The molecule has 0 atom stereocenters. The molecule has 0 bridgehead atoms. The van der Waals surface area contributed by atoms with Crippen molar-refractivity contribution in [3.05, 3.63) is 59.2 Å². The third kappa shape index (κ3) is 2.60. The van der Waals surface area contributed by atoms with Crippen LogP contribution in [0.1, 0.15) is 11.1 Å². The van der Waals surface area contributed by atoms with Crippen molar-refractivity contribution in [3.8, 4) is 11.5 Å². The molecule has 0 aliphatic carbocycles. The number of aromatic hydroxyl groups is 2. The summed E-state index contributed by atoms with van der Waals surface area (Å²) in [5, 5.41) is 18.2. The number of hydrogen-bond acceptors (Lipinski definition) is 2. The van der Waals surface area contributed by atoms with Crippen molar-refractivity contribution in [1.29, 1.82) is 0 Å². The average molecular weight is 305 g/mol. The molecule has 0 fully saturated rings. The van der Waals surface area contributed by atoms with Crippen molar-refractivity contribution in [2.75, 3.05) is 0 Å². The Bertz CT molecular complexity index is 577. The van der Waals surface area contributed by atoms with Crippen LogP contribution in [0.5, 0.6) is 11.5 Å². The minimum absolute atomic E-state index is 0.135.